The van der Waals surface area contributed by atoms with Gasteiger partial charge in [-0.3, -0.25) is 14.6 Å². The summed E-state index contributed by atoms with van der Waals surface area (Å²) in [5, 5.41) is 4.49. The van der Waals surface area contributed by atoms with Gasteiger partial charge in [-0.2, -0.15) is 0 Å². The standard InChI is InChI=1S/C25H24ClN3O2/c1-15-22(13-18-12-19(26)6-11-23(18)27-15)25(31)29(21-9-10-21)14-16-2-4-17(5-3-16)24(30)28-20-7-8-20/h2-6,11-13,20-21H,7-10,14H2,1H3,(H,28,30). The molecule has 3 aromatic rings. The minimum absolute atomic E-state index is 0.00933. The SMILES string of the molecule is Cc1nc2ccc(Cl)cc2cc1C(=O)N(Cc1ccc(C(=O)NC2CC2)cc1)C1CC1. The minimum Gasteiger partial charge on any atom is -0.349 e. The van der Waals surface area contributed by atoms with Crippen molar-refractivity contribution in [3.63, 3.8) is 0 Å². The molecule has 5 nitrogen and oxygen atoms in total. The number of fused-ring (bicyclic) bond motifs is 1. The largest absolute Gasteiger partial charge is 0.349 e. The first kappa shape index (κ1) is 20.0. The minimum atomic E-state index is -0.0271. The van der Waals surface area contributed by atoms with Crippen LogP contribution in [0, 0.1) is 6.92 Å². The van der Waals surface area contributed by atoms with Crippen LogP contribution in [-0.2, 0) is 6.54 Å². The van der Waals surface area contributed by atoms with Gasteiger partial charge in [0.25, 0.3) is 11.8 Å². The Kier molecular flexibility index (Phi) is 5.14. The Bertz CT molecular complexity index is 1170. The molecule has 2 saturated carbocycles. The number of hydrogen-bond donors (Lipinski definition) is 1. The van der Waals surface area contributed by atoms with E-state index in [-0.39, 0.29) is 17.9 Å². The molecule has 2 aliphatic carbocycles. The van der Waals surface area contributed by atoms with Crippen molar-refractivity contribution in [3.8, 4) is 0 Å². The van der Waals surface area contributed by atoms with E-state index in [9.17, 15) is 9.59 Å². The van der Waals surface area contributed by atoms with Gasteiger partial charge in [0, 0.05) is 34.6 Å². The van der Waals surface area contributed by atoms with E-state index in [1.165, 1.54) is 0 Å². The van der Waals surface area contributed by atoms with Gasteiger partial charge in [0.1, 0.15) is 0 Å². The van der Waals surface area contributed by atoms with Gasteiger partial charge >= 0.3 is 0 Å². The third-order valence-electron chi connectivity index (χ3n) is 5.93. The van der Waals surface area contributed by atoms with E-state index in [0.29, 0.717) is 28.7 Å². The van der Waals surface area contributed by atoms with Gasteiger partial charge in [-0.1, -0.05) is 23.7 Å². The Morgan fingerprint density at radius 3 is 2.48 bits per heavy atom. The summed E-state index contributed by atoms with van der Waals surface area (Å²) in [6.45, 7) is 2.39. The molecule has 0 radical (unpaired) electrons. The number of halogens is 1. The van der Waals surface area contributed by atoms with Crippen LogP contribution in [-0.4, -0.2) is 33.8 Å². The summed E-state index contributed by atoms with van der Waals surface area (Å²) in [6, 6.07) is 15.6. The molecule has 1 aromatic heterocycles. The maximum Gasteiger partial charge on any atom is 0.256 e. The van der Waals surface area contributed by atoms with Crippen LogP contribution < -0.4 is 5.32 Å². The number of carbonyl (C=O) groups excluding carboxylic acids is 2. The van der Waals surface area contributed by atoms with E-state index in [2.05, 4.69) is 10.3 Å². The Balaban J connectivity index is 1.37. The van der Waals surface area contributed by atoms with Gasteiger partial charge in [0.05, 0.1) is 16.8 Å². The summed E-state index contributed by atoms with van der Waals surface area (Å²) in [7, 11) is 0. The maximum absolute atomic E-state index is 13.5. The van der Waals surface area contributed by atoms with Crippen LogP contribution >= 0.6 is 11.6 Å². The number of hydrogen-bond acceptors (Lipinski definition) is 3. The first-order valence-electron chi connectivity index (χ1n) is 10.8. The molecule has 6 heteroatoms. The topological polar surface area (TPSA) is 62.3 Å². The summed E-state index contributed by atoms with van der Waals surface area (Å²) in [5.74, 6) is -0.0365. The summed E-state index contributed by atoms with van der Waals surface area (Å²) < 4.78 is 0. The van der Waals surface area contributed by atoms with E-state index in [1.807, 2.05) is 60.4 Å². The van der Waals surface area contributed by atoms with E-state index < -0.39 is 0 Å². The number of carbonyl (C=O) groups is 2. The molecular formula is C25H24ClN3O2. The molecule has 158 valence electrons. The zero-order valence-corrected chi connectivity index (χ0v) is 18.2. The highest BCUT2D eigenvalue weighted by molar-refractivity contribution is 6.31. The lowest BCUT2D eigenvalue weighted by atomic mass is 10.1. The summed E-state index contributed by atoms with van der Waals surface area (Å²) in [4.78, 5) is 32.2. The molecule has 31 heavy (non-hydrogen) atoms. The predicted molar refractivity (Wildman–Crippen MR) is 121 cm³/mol. The summed E-state index contributed by atoms with van der Waals surface area (Å²) in [5.41, 5.74) is 3.83. The Labute approximate surface area is 186 Å². The number of aryl methyl sites for hydroxylation is 1. The van der Waals surface area contributed by atoms with E-state index >= 15 is 0 Å². The molecule has 0 spiro atoms. The lowest BCUT2D eigenvalue weighted by Crippen LogP contribution is -2.33. The lowest BCUT2D eigenvalue weighted by molar-refractivity contribution is 0.0728. The predicted octanol–water partition coefficient (Wildman–Crippen LogP) is 4.89. The van der Waals surface area contributed by atoms with Gasteiger partial charge < -0.3 is 10.2 Å². The first-order valence-corrected chi connectivity index (χ1v) is 11.1. The molecule has 0 aliphatic heterocycles. The van der Waals surface area contributed by atoms with E-state index in [0.717, 1.165) is 47.8 Å². The molecule has 0 unspecified atom stereocenters. The molecular weight excluding hydrogens is 410 g/mol. The van der Waals surface area contributed by atoms with Gasteiger partial charge in [-0.15, -0.1) is 0 Å². The molecule has 1 N–H and O–H groups in total. The van der Waals surface area contributed by atoms with E-state index in [1.54, 1.807) is 0 Å². The Morgan fingerprint density at radius 1 is 1.06 bits per heavy atom. The molecule has 0 bridgehead atoms. The summed E-state index contributed by atoms with van der Waals surface area (Å²) in [6.07, 6.45) is 4.16. The smallest absolute Gasteiger partial charge is 0.256 e. The number of benzene rings is 2. The van der Waals surface area contributed by atoms with Crippen molar-refractivity contribution >= 4 is 34.3 Å². The number of aromatic nitrogens is 1. The average Bonchev–Trinajstić information content (AvgIpc) is 3.67. The van der Waals surface area contributed by atoms with Crippen LogP contribution in [0.15, 0.2) is 48.5 Å². The van der Waals surface area contributed by atoms with Crippen molar-refractivity contribution in [2.24, 2.45) is 0 Å². The van der Waals surface area contributed by atoms with Gasteiger partial charge in [0.15, 0.2) is 0 Å². The second-order valence-electron chi connectivity index (χ2n) is 8.57. The molecule has 2 aromatic carbocycles. The third kappa shape index (κ3) is 4.42. The van der Waals surface area contributed by atoms with Crippen LogP contribution in [0.2, 0.25) is 5.02 Å². The van der Waals surface area contributed by atoms with Gasteiger partial charge in [0.2, 0.25) is 0 Å². The molecule has 2 aliphatic rings. The van der Waals surface area contributed by atoms with Crippen LogP contribution in [0.5, 0.6) is 0 Å². The Morgan fingerprint density at radius 2 is 1.81 bits per heavy atom. The van der Waals surface area contributed by atoms with Crippen LogP contribution in [0.1, 0.15) is 57.7 Å². The zero-order valence-electron chi connectivity index (χ0n) is 17.4. The zero-order chi connectivity index (χ0) is 21.5. The van der Waals surface area contributed by atoms with Crippen molar-refractivity contribution in [3.05, 3.63) is 75.9 Å². The fourth-order valence-corrected chi connectivity index (χ4v) is 4.00. The number of nitrogens with zero attached hydrogens (tertiary/aromatic N) is 2. The molecule has 2 amide bonds. The lowest BCUT2D eigenvalue weighted by Gasteiger charge is -2.23. The fourth-order valence-electron chi connectivity index (χ4n) is 3.82. The highest BCUT2D eigenvalue weighted by Crippen LogP contribution is 2.31. The summed E-state index contributed by atoms with van der Waals surface area (Å²) >= 11 is 6.14. The first-order chi connectivity index (χ1) is 15.0. The second kappa shape index (κ2) is 7.97. The number of amides is 2. The molecule has 2 fully saturated rings. The van der Waals surface area contributed by atoms with Gasteiger partial charge in [-0.05, 0) is 74.6 Å². The molecule has 0 saturated heterocycles. The van der Waals surface area contributed by atoms with Crippen molar-refractivity contribution < 1.29 is 9.59 Å². The normalized spacial score (nSPS) is 15.7. The third-order valence-corrected chi connectivity index (χ3v) is 6.16. The van der Waals surface area contributed by atoms with Crippen molar-refractivity contribution in [1.29, 1.82) is 0 Å². The van der Waals surface area contributed by atoms with Crippen molar-refractivity contribution in [2.45, 2.75) is 51.2 Å². The fraction of sp³-hybridized carbons (Fsp3) is 0.320. The average molecular weight is 434 g/mol. The van der Waals surface area contributed by atoms with Crippen molar-refractivity contribution in [2.75, 3.05) is 0 Å². The maximum atomic E-state index is 13.5. The highest BCUT2D eigenvalue weighted by atomic mass is 35.5. The molecule has 1 heterocycles. The second-order valence-corrected chi connectivity index (χ2v) is 9.00. The van der Waals surface area contributed by atoms with Gasteiger partial charge in [-0.25, -0.2) is 0 Å². The van der Waals surface area contributed by atoms with Crippen LogP contribution in [0.3, 0.4) is 0 Å². The quantitative estimate of drug-likeness (QED) is 0.601. The van der Waals surface area contributed by atoms with E-state index in [4.69, 9.17) is 11.6 Å². The number of pyridine rings is 1. The van der Waals surface area contributed by atoms with Crippen LogP contribution in [0.4, 0.5) is 0 Å². The van der Waals surface area contributed by atoms with Crippen molar-refractivity contribution in [1.82, 2.24) is 15.2 Å². The number of rotatable bonds is 6. The number of nitrogens with one attached hydrogen (secondary N) is 1. The molecule has 5 rings (SSSR count). The highest BCUT2D eigenvalue weighted by Gasteiger charge is 2.34. The van der Waals surface area contributed by atoms with Crippen LogP contribution in [0.25, 0.3) is 10.9 Å². The molecule has 0 atom stereocenters. The Hall–Kier alpha value is -2.92. The monoisotopic (exact) mass is 433 g/mol.